The van der Waals surface area contributed by atoms with Gasteiger partial charge in [0.15, 0.2) is 0 Å². The molecular formula is C14H22. The lowest BCUT2D eigenvalue weighted by molar-refractivity contribution is 0.435. The van der Waals surface area contributed by atoms with Crippen molar-refractivity contribution < 1.29 is 0 Å². The Morgan fingerprint density at radius 1 is 1.29 bits per heavy atom. The Morgan fingerprint density at radius 2 is 2.14 bits per heavy atom. The normalized spacial score (nSPS) is 23.1. The summed E-state index contributed by atoms with van der Waals surface area (Å²) in [6.45, 7) is 7.62. The summed E-state index contributed by atoms with van der Waals surface area (Å²) in [5.41, 5.74) is 1.59. The summed E-state index contributed by atoms with van der Waals surface area (Å²) in [7, 11) is 0. The van der Waals surface area contributed by atoms with Gasteiger partial charge in [-0.3, -0.25) is 0 Å². The summed E-state index contributed by atoms with van der Waals surface area (Å²) in [6.07, 6.45) is 15.4. The molecule has 0 heteroatoms. The molecule has 0 aromatic heterocycles. The molecule has 1 unspecified atom stereocenters. The molecule has 0 bridgehead atoms. The first-order valence-electron chi connectivity index (χ1n) is 5.76. The average Bonchev–Trinajstić information content (AvgIpc) is 2.13. The molecule has 0 heterocycles. The van der Waals surface area contributed by atoms with Crippen LogP contribution < -0.4 is 0 Å². The highest BCUT2D eigenvalue weighted by molar-refractivity contribution is 5.07. The molecule has 0 radical (unpaired) electrons. The topological polar surface area (TPSA) is 0 Å². The molecule has 0 aromatic rings. The van der Waals surface area contributed by atoms with Gasteiger partial charge in [-0.15, -0.1) is 13.2 Å². The van der Waals surface area contributed by atoms with Crippen molar-refractivity contribution >= 4 is 0 Å². The molecular weight excluding hydrogens is 168 g/mol. The Labute approximate surface area is 88.4 Å². The highest BCUT2D eigenvalue weighted by Gasteiger charge is 2.09. The molecule has 78 valence electrons. The summed E-state index contributed by atoms with van der Waals surface area (Å²) in [5, 5.41) is 0. The second-order valence-electron chi connectivity index (χ2n) is 4.22. The summed E-state index contributed by atoms with van der Waals surface area (Å²) in [4.78, 5) is 0. The van der Waals surface area contributed by atoms with Crippen LogP contribution in [0, 0.1) is 5.92 Å². The van der Waals surface area contributed by atoms with Gasteiger partial charge in [-0.25, -0.2) is 0 Å². The molecule has 0 saturated carbocycles. The van der Waals surface area contributed by atoms with Gasteiger partial charge in [0, 0.05) is 0 Å². The second-order valence-corrected chi connectivity index (χ2v) is 4.22. The number of hydrogen-bond donors (Lipinski definition) is 0. The van der Waals surface area contributed by atoms with Crippen molar-refractivity contribution in [3.8, 4) is 0 Å². The fourth-order valence-electron chi connectivity index (χ4n) is 2.23. The minimum Gasteiger partial charge on any atom is -0.103 e. The molecule has 0 aromatic carbocycles. The molecule has 0 aliphatic heterocycles. The van der Waals surface area contributed by atoms with Gasteiger partial charge in [0.05, 0.1) is 0 Å². The maximum Gasteiger partial charge on any atom is -0.0142 e. The van der Waals surface area contributed by atoms with E-state index in [4.69, 9.17) is 0 Å². The Hall–Kier alpha value is -0.780. The molecule has 1 aliphatic carbocycles. The van der Waals surface area contributed by atoms with Crippen molar-refractivity contribution in [2.45, 2.75) is 44.9 Å². The van der Waals surface area contributed by atoms with E-state index in [0.717, 1.165) is 12.3 Å². The van der Waals surface area contributed by atoms with E-state index < -0.39 is 0 Å². The van der Waals surface area contributed by atoms with Crippen LogP contribution in [0.3, 0.4) is 0 Å². The molecule has 0 N–H and O–H groups in total. The lowest BCUT2D eigenvalue weighted by Gasteiger charge is -2.17. The van der Waals surface area contributed by atoms with Crippen LogP contribution in [-0.4, -0.2) is 0 Å². The fourth-order valence-corrected chi connectivity index (χ4v) is 2.23. The smallest absolute Gasteiger partial charge is 0.0142 e. The van der Waals surface area contributed by atoms with E-state index in [1.165, 1.54) is 38.5 Å². The van der Waals surface area contributed by atoms with Crippen molar-refractivity contribution in [3.63, 3.8) is 0 Å². The van der Waals surface area contributed by atoms with Gasteiger partial charge < -0.3 is 0 Å². The fraction of sp³-hybridized carbons (Fsp3) is 0.571. The van der Waals surface area contributed by atoms with E-state index in [-0.39, 0.29) is 0 Å². The standard InChI is InChI=1S/C14H22/c1-3-7-13-9-5-11-14(8-4-2)12-6-10-13/h3-4,9,14H,1-2,5-8,10-12H2. The van der Waals surface area contributed by atoms with E-state index >= 15 is 0 Å². The third-order valence-electron chi connectivity index (χ3n) is 3.02. The summed E-state index contributed by atoms with van der Waals surface area (Å²) in [6, 6.07) is 0. The first kappa shape index (κ1) is 11.3. The molecule has 1 aliphatic rings. The van der Waals surface area contributed by atoms with Crippen molar-refractivity contribution in [2.75, 3.05) is 0 Å². The highest BCUT2D eigenvalue weighted by Crippen LogP contribution is 2.25. The Bertz CT molecular complexity index is 210. The van der Waals surface area contributed by atoms with Gasteiger partial charge >= 0.3 is 0 Å². The first-order valence-corrected chi connectivity index (χ1v) is 5.76. The Kier molecular flexibility index (Phi) is 5.36. The second kappa shape index (κ2) is 6.64. The zero-order valence-electron chi connectivity index (χ0n) is 9.17. The van der Waals surface area contributed by atoms with Crippen LogP contribution in [0.2, 0.25) is 0 Å². The van der Waals surface area contributed by atoms with Crippen LogP contribution in [0.25, 0.3) is 0 Å². The SMILES string of the molecule is C=CCC1=CCCC(CC=C)CCC1. The molecule has 1 rings (SSSR count). The lowest BCUT2D eigenvalue weighted by atomic mass is 9.88. The van der Waals surface area contributed by atoms with Crippen LogP contribution in [0.4, 0.5) is 0 Å². The first-order chi connectivity index (χ1) is 6.86. The van der Waals surface area contributed by atoms with Gasteiger partial charge in [-0.05, 0) is 50.9 Å². The van der Waals surface area contributed by atoms with Gasteiger partial charge in [0.1, 0.15) is 0 Å². The zero-order valence-corrected chi connectivity index (χ0v) is 9.17. The predicted octanol–water partition coefficient (Wildman–Crippen LogP) is 4.65. The van der Waals surface area contributed by atoms with Gasteiger partial charge in [-0.1, -0.05) is 23.8 Å². The van der Waals surface area contributed by atoms with Crippen LogP contribution in [0.5, 0.6) is 0 Å². The molecule has 0 amide bonds. The lowest BCUT2D eigenvalue weighted by Crippen LogP contribution is -2.02. The summed E-state index contributed by atoms with van der Waals surface area (Å²) >= 11 is 0. The van der Waals surface area contributed by atoms with Crippen molar-refractivity contribution in [2.24, 2.45) is 5.92 Å². The van der Waals surface area contributed by atoms with E-state index in [2.05, 4.69) is 25.3 Å². The maximum atomic E-state index is 3.82. The van der Waals surface area contributed by atoms with Crippen molar-refractivity contribution in [3.05, 3.63) is 37.0 Å². The molecule has 1 atom stereocenters. The van der Waals surface area contributed by atoms with E-state index in [1.807, 2.05) is 6.08 Å². The summed E-state index contributed by atoms with van der Waals surface area (Å²) in [5.74, 6) is 0.883. The van der Waals surface area contributed by atoms with Gasteiger partial charge in [0.25, 0.3) is 0 Å². The van der Waals surface area contributed by atoms with Crippen molar-refractivity contribution in [1.29, 1.82) is 0 Å². The molecule has 0 fully saturated rings. The van der Waals surface area contributed by atoms with E-state index in [1.54, 1.807) is 5.57 Å². The maximum absolute atomic E-state index is 3.82. The van der Waals surface area contributed by atoms with Crippen LogP contribution in [0.1, 0.15) is 44.9 Å². The van der Waals surface area contributed by atoms with Crippen LogP contribution in [-0.2, 0) is 0 Å². The van der Waals surface area contributed by atoms with E-state index in [0.29, 0.717) is 0 Å². The minimum absolute atomic E-state index is 0.883. The van der Waals surface area contributed by atoms with Crippen LogP contribution in [0.15, 0.2) is 37.0 Å². The van der Waals surface area contributed by atoms with Crippen LogP contribution >= 0.6 is 0 Å². The molecule has 0 nitrogen and oxygen atoms in total. The monoisotopic (exact) mass is 190 g/mol. The zero-order chi connectivity index (χ0) is 10.2. The predicted molar refractivity (Wildman–Crippen MR) is 64.3 cm³/mol. The third kappa shape index (κ3) is 3.95. The molecule has 0 spiro atoms. The third-order valence-corrected chi connectivity index (χ3v) is 3.02. The average molecular weight is 190 g/mol. The highest BCUT2D eigenvalue weighted by atomic mass is 14.1. The Morgan fingerprint density at radius 3 is 2.86 bits per heavy atom. The number of rotatable bonds is 4. The molecule has 0 saturated heterocycles. The Balaban J connectivity index is 2.40. The minimum atomic E-state index is 0.883. The van der Waals surface area contributed by atoms with Gasteiger partial charge in [0.2, 0.25) is 0 Å². The van der Waals surface area contributed by atoms with E-state index in [9.17, 15) is 0 Å². The van der Waals surface area contributed by atoms with Gasteiger partial charge in [-0.2, -0.15) is 0 Å². The number of hydrogen-bond acceptors (Lipinski definition) is 0. The molecule has 14 heavy (non-hydrogen) atoms. The quantitative estimate of drug-likeness (QED) is 0.566. The summed E-state index contributed by atoms with van der Waals surface area (Å²) < 4.78 is 0. The number of allylic oxidation sites excluding steroid dienone is 4. The van der Waals surface area contributed by atoms with Crippen molar-refractivity contribution in [1.82, 2.24) is 0 Å². The largest absolute Gasteiger partial charge is 0.103 e.